The van der Waals surface area contributed by atoms with Gasteiger partial charge in [-0.1, -0.05) is 66.7 Å². The van der Waals surface area contributed by atoms with Crippen LogP contribution >= 0.6 is 0 Å². The summed E-state index contributed by atoms with van der Waals surface area (Å²) in [4.78, 5) is 37.2. The minimum Gasteiger partial charge on any atom is -0.336 e. The number of ketones is 2. The van der Waals surface area contributed by atoms with E-state index in [2.05, 4.69) is 0 Å². The summed E-state index contributed by atoms with van der Waals surface area (Å²) < 4.78 is 1.67. The minimum atomic E-state index is -0.820. The Labute approximate surface area is 172 Å². The number of carbonyl (C=O) groups is 2. The average molecular weight is 398 g/mol. The summed E-state index contributed by atoms with van der Waals surface area (Å²) in [7, 11) is 0. The molecule has 30 heavy (non-hydrogen) atoms. The lowest BCUT2D eigenvalue weighted by atomic mass is 9.96. The number of aromatic nitrogens is 1. The van der Waals surface area contributed by atoms with Crippen molar-refractivity contribution in [3.8, 4) is 0 Å². The number of hydrogen-bond donors (Lipinski definition) is 0. The smallest absolute Gasteiger partial charge is 0.278 e. The van der Waals surface area contributed by atoms with Crippen LogP contribution in [-0.4, -0.2) is 21.1 Å². The standard InChI is InChI=1S/C24H18N2O4/c27-23(17-8-3-1-4-9-17)16-22(24(28)18-10-5-2-6-11-18)25-15-14-19-20(25)12-7-13-21(19)26(29)30/h1-15,22H,16H2. The average Bonchev–Trinajstić information content (AvgIpc) is 3.22. The third-order valence-corrected chi connectivity index (χ3v) is 5.11. The number of hydrogen-bond acceptors (Lipinski definition) is 4. The van der Waals surface area contributed by atoms with Gasteiger partial charge in [0.2, 0.25) is 0 Å². The molecule has 1 unspecified atom stereocenters. The normalized spacial score (nSPS) is 11.9. The SMILES string of the molecule is O=C(CC(C(=O)c1ccccc1)n1ccc2c([N+](=O)[O-])cccc21)c1ccccc1. The molecule has 6 nitrogen and oxygen atoms in total. The van der Waals surface area contributed by atoms with Gasteiger partial charge >= 0.3 is 0 Å². The van der Waals surface area contributed by atoms with Crippen molar-refractivity contribution in [3.05, 3.63) is 112 Å². The Hall–Kier alpha value is -4.06. The van der Waals surface area contributed by atoms with Crippen molar-refractivity contribution in [3.63, 3.8) is 0 Å². The predicted molar refractivity (Wildman–Crippen MR) is 114 cm³/mol. The number of carbonyl (C=O) groups excluding carboxylic acids is 2. The van der Waals surface area contributed by atoms with Gasteiger partial charge in [0.15, 0.2) is 11.6 Å². The van der Waals surface area contributed by atoms with Gasteiger partial charge in [-0.3, -0.25) is 19.7 Å². The molecule has 0 aliphatic rings. The van der Waals surface area contributed by atoms with Gasteiger partial charge in [-0.25, -0.2) is 0 Å². The van der Waals surface area contributed by atoms with Crippen LogP contribution in [-0.2, 0) is 0 Å². The highest BCUT2D eigenvalue weighted by molar-refractivity contribution is 6.05. The van der Waals surface area contributed by atoms with E-state index >= 15 is 0 Å². The highest BCUT2D eigenvalue weighted by atomic mass is 16.6. The van der Waals surface area contributed by atoms with Gasteiger partial charge in [-0.2, -0.15) is 0 Å². The first kappa shape index (κ1) is 19.3. The van der Waals surface area contributed by atoms with Gasteiger partial charge in [0.05, 0.1) is 15.8 Å². The second kappa shape index (κ2) is 8.13. The Morgan fingerprint density at radius 3 is 2.10 bits per heavy atom. The molecule has 0 bridgehead atoms. The quantitative estimate of drug-likeness (QED) is 0.242. The highest BCUT2D eigenvalue weighted by Crippen LogP contribution is 2.31. The molecule has 3 aromatic carbocycles. The van der Waals surface area contributed by atoms with E-state index in [0.717, 1.165) is 0 Å². The number of rotatable bonds is 7. The van der Waals surface area contributed by atoms with Crippen LogP contribution in [0.2, 0.25) is 0 Å². The zero-order valence-electron chi connectivity index (χ0n) is 16.0. The fraction of sp³-hybridized carbons (Fsp3) is 0.0833. The van der Waals surface area contributed by atoms with E-state index in [4.69, 9.17) is 0 Å². The summed E-state index contributed by atoms with van der Waals surface area (Å²) in [5, 5.41) is 11.8. The molecule has 0 spiro atoms. The molecule has 1 atom stereocenters. The predicted octanol–water partition coefficient (Wildman–Crippen LogP) is 5.25. The van der Waals surface area contributed by atoms with Crippen molar-refractivity contribution in [2.45, 2.75) is 12.5 Å². The fourth-order valence-corrected chi connectivity index (χ4v) is 3.63. The van der Waals surface area contributed by atoms with Crippen molar-refractivity contribution in [2.75, 3.05) is 0 Å². The highest BCUT2D eigenvalue weighted by Gasteiger charge is 2.27. The second-order valence-electron chi connectivity index (χ2n) is 6.93. The lowest BCUT2D eigenvalue weighted by Crippen LogP contribution is -2.22. The van der Waals surface area contributed by atoms with E-state index in [-0.39, 0.29) is 23.7 Å². The van der Waals surface area contributed by atoms with Crippen LogP contribution in [0.3, 0.4) is 0 Å². The van der Waals surface area contributed by atoms with Crippen LogP contribution in [0, 0.1) is 10.1 Å². The van der Waals surface area contributed by atoms with E-state index in [0.29, 0.717) is 22.0 Å². The van der Waals surface area contributed by atoms with Gasteiger partial charge < -0.3 is 4.57 Å². The molecular formula is C24H18N2O4. The Bertz CT molecular complexity index is 1230. The van der Waals surface area contributed by atoms with Gasteiger partial charge in [-0.05, 0) is 12.1 Å². The van der Waals surface area contributed by atoms with Crippen LogP contribution in [0.4, 0.5) is 5.69 Å². The monoisotopic (exact) mass is 398 g/mol. The molecule has 1 heterocycles. The van der Waals surface area contributed by atoms with Crippen molar-refractivity contribution in [1.82, 2.24) is 4.57 Å². The van der Waals surface area contributed by atoms with E-state index in [1.54, 1.807) is 77.5 Å². The first-order chi connectivity index (χ1) is 14.6. The molecule has 4 aromatic rings. The third-order valence-electron chi connectivity index (χ3n) is 5.11. The Balaban J connectivity index is 1.81. The van der Waals surface area contributed by atoms with Crippen molar-refractivity contribution < 1.29 is 14.5 Å². The van der Waals surface area contributed by atoms with Crippen molar-refractivity contribution >= 4 is 28.2 Å². The van der Waals surface area contributed by atoms with Crippen LogP contribution < -0.4 is 0 Å². The first-order valence-electron chi connectivity index (χ1n) is 9.47. The van der Waals surface area contributed by atoms with E-state index in [1.165, 1.54) is 6.07 Å². The molecule has 0 aliphatic heterocycles. The second-order valence-corrected chi connectivity index (χ2v) is 6.93. The molecule has 0 amide bonds. The third kappa shape index (κ3) is 3.63. The molecule has 0 aliphatic carbocycles. The molecular weight excluding hydrogens is 380 g/mol. The minimum absolute atomic E-state index is 0.0356. The summed E-state index contributed by atoms with van der Waals surface area (Å²) >= 11 is 0. The molecule has 0 saturated heterocycles. The molecule has 0 N–H and O–H groups in total. The van der Waals surface area contributed by atoms with E-state index in [1.807, 2.05) is 12.1 Å². The number of fused-ring (bicyclic) bond motifs is 1. The molecule has 0 saturated carbocycles. The number of benzene rings is 3. The lowest BCUT2D eigenvalue weighted by molar-refractivity contribution is -0.383. The van der Waals surface area contributed by atoms with Crippen LogP contribution in [0.25, 0.3) is 10.9 Å². The van der Waals surface area contributed by atoms with Crippen molar-refractivity contribution in [2.24, 2.45) is 0 Å². The van der Waals surface area contributed by atoms with Gasteiger partial charge in [0.1, 0.15) is 6.04 Å². The maximum absolute atomic E-state index is 13.4. The number of nitro benzene ring substituents is 1. The summed E-state index contributed by atoms with van der Waals surface area (Å²) in [6.45, 7) is 0. The zero-order valence-corrected chi connectivity index (χ0v) is 16.0. The maximum Gasteiger partial charge on any atom is 0.278 e. The molecule has 4 rings (SSSR count). The zero-order chi connectivity index (χ0) is 21.1. The molecule has 6 heteroatoms. The molecule has 148 valence electrons. The van der Waals surface area contributed by atoms with Crippen LogP contribution in [0.15, 0.2) is 91.1 Å². The number of Topliss-reactive ketones (excluding diaryl/α,β-unsaturated/α-hetero) is 2. The summed E-state index contributed by atoms with van der Waals surface area (Å²) in [5.41, 5.74) is 1.51. The van der Waals surface area contributed by atoms with Crippen LogP contribution in [0.1, 0.15) is 33.2 Å². The van der Waals surface area contributed by atoms with E-state index in [9.17, 15) is 19.7 Å². The molecule has 0 fully saturated rings. The Kier molecular flexibility index (Phi) is 5.22. The van der Waals surface area contributed by atoms with Gasteiger partial charge in [0, 0.05) is 29.8 Å². The molecule has 0 radical (unpaired) electrons. The number of nitrogens with zero attached hydrogens (tertiary/aromatic N) is 2. The number of nitro groups is 1. The molecule has 1 aromatic heterocycles. The fourth-order valence-electron chi connectivity index (χ4n) is 3.63. The Morgan fingerprint density at radius 2 is 1.47 bits per heavy atom. The lowest BCUT2D eigenvalue weighted by Gasteiger charge is -2.19. The Morgan fingerprint density at radius 1 is 0.833 bits per heavy atom. The van der Waals surface area contributed by atoms with Gasteiger partial charge in [0.25, 0.3) is 5.69 Å². The summed E-state index contributed by atoms with van der Waals surface area (Å²) in [5.74, 6) is -0.388. The van der Waals surface area contributed by atoms with Crippen molar-refractivity contribution in [1.29, 1.82) is 0 Å². The summed E-state index contributed by atoms with van der Waals surface area (Å²) in [6.07, 6.45) is 1.59. The van der Waals surface area contributed by atoms with Crippen LogP contribution in [0.5, 0.6) is 0 Å². The maximum atomic E-state index is 13.4. The first-order valence-corrected chi connectivity index (χ1v) is 9.47. The largest absolute Gasteiger partial charge is 0.336 e. The topological polar surface area (TPSA) is 82.2 Å². The van der Waals surface area contributed by atoms with E-state index < -0.39 is 11.0 Å². The number of non-ortho nitro benzene ring substituents is 1. The van der Waals surface area contributed by atoms with Gasteiger partial charge in [-0.15, -0.1) is 0 Å². The summed E-state index contributed by atoms with van der Waals surface area (Å²) in [6, 6.07) is 23.1.